The second-order valence-electron chi connectivity index (χ2n) is 4.42. The summed E-state index contributed by atoms with van der Waals surface area (Å²) in [5.41, 5.74) is 6.82. The van der Waals surface area contributed by atoms with Crippen molar-refractivity contribution in [2.45, 2.75) is 25.4 Å². The molecule has 0 aromatic carbocycles. The number of imidazole rings is 1. The Morgan fingerprint density at radius 1 is 1.61 bits per heavy atom. The smallest absolute Gasteiger partial charge is 0.356 e. The van der Waals surface area contributed by atoms with Crippen molar-refractivity contribution in [3.63, 3.8) is 0 Å². The molecule has 1 aliphatic rings. The van der Waals surface area contributed by atoms with E-state index < -0.39 is 5.97 Å². The average Bonchev–Trinajstić information content (AvgIpc) is 2.93. The van der Waals surface area contributed by atoms with Gasteiger partial charge in [-0.25, -0.2) is 9.78 Å². The Balaban J connectivity index is 2.17. The van der Waals surface area contributed by atoms with E-state index in [1.54, 1.807) is 11.3 Å². The van der Waals surface area contributed by atoms with Gasteiger partial charge in [-0.05, 0) is 17.9 Å². The molecule has 0 fully saturated rings. The fraction of sp³-hybridized carbons (Fsp3) is 0.333. The Labute approximate surface area is 108 Å². The highest BCUT2D eigenvalue weighted by Crippen LogP contribution is 2.29. The number of thiophene rings is 1. The van der Waals surface area contributed by atoms with Crippen LogP contribution in [0, 0.1) is 0 Å². The second kappa shape index (κ2) is 4.22. The molecule has 6 heteroatoms. The first kappa shape index (κ1) is 11.4. The van der Waals surface area contributed by atoms with E-state index in [0.717, 1.165) is 29.4 Å². The maximum Gasteiger partial charge on any atom is 0.356 e. The zero-order valence-corrected chi connectivity index (χ0v) is 10.5. The summed E-state index contributed by atoms with van der Waals surface area (Å²) in [6.07, 6.45) is 1.45. The number of hydrogen-bond donors (Lipinski definition) is 2. The van der Waals surface area contributed by atoms with Crippen molar-refractivity contribution < 1.29 is 9.90 Å². The normalized spacial score (nSPS) is 18.6. The number of fused-ring (bicyclic) bond motifs is 1. The molecule has 3 rings (SSSR count). The zero-order chi connectivity index (χ0) is 12.7. The highest BCUT2D eigenvalue weighted by Gasteiger charge is 2.27. The molecule has 0 spiro atoms. The maximum atomic E-state index is 11.2. The number of aromatic nitrogens is 2. The first-order valence-corrected chi connectivity index (χ1v) is 6.67. The van der Waals surface area contributed by atoms with Gasteiger partial charge in [-0.15, -0.1) is 11.3 Å². The number of carboxylic acids is 1. The molecule has 3 N–H and O–H groups in total. The summed E-state index contributed by atoms with van der Waals surface area (Å²) in [5, 5.41) is 11.2. The minimum Gasteiger partial charge on any atom is -0.476 e. The zero-order valence-electron chi connectivity index (χ0n) is 9.67. The van der Waals surface area contributed by atoms with E-state index in [1.807, 2.05) is 22.1 Å². The van der Waals surface area contributed by atoms with Crippen LogP contribution in [0.3, 0.4) is 0 Å². The van der Waals surface area contributed by atoms with Crippen LogP contribution in [-0.2, 0) is 13.0 Å². The first-order valence-electron chi connectivity index (χ1n) is 5.79. The fourth-order valence-corrected chi connectivity index (χ4v) is 3.07. The SMILES string of the molecule is NC1CCn2c(-c3cccs3)nc(C(=O)O)c2C1. The molecule has 0 saturated heterocycles. The predicted octanol–water partition coefficient (Wildman–Crippen LogP) is 1.58. The summed E-state index contributed by atoms with van der Waals surface area (Å²) in [6, 6.07) is 3.93. The van der Waals surface area contributed by atoms with Crippen molar-refractivity contribution in [2.75, 3.05) is 0 Å². The quantitative estimate of drug-likeness (QED) is 0.862. The van der Waals surface area contributed by atoms with Crippen molar-refractivity contribution in [3.05, 3.63) is 28.9 Å². The molecular weight excluding hydrogens is 250 g/mol. The lowest BCUT2D eigenvalue weighted by atomic mass is 10.0. The van der Waals surface area contributed by atoms with Crippen LogP contribution >= 0.6 is 11.3 Å². The third kappa shape index (κ3) is 1.74. The molecule has 0 saturated carbocycles. The van der Waals surface area contributed by atoms with Gasteiger partial charge in [-0.1, -0.05) is 6.07 Å². The third-order valence-electron chi connectivity index (χ3n) is 3.20. The summed E-state index contributed by atoms with van der Waals surface area (Å²) in [7, 11) is 0. The van der Waals surface area contributed by atoms with Crippen molar-refractivity contribution in [1.82, 2.24) is 9.55 Å². The molecule has 2 aromatic heterocycles. The molecule has 18 heavy (non-hydrogen) atoms. The van der Waals surface area contributed by atoms with Crippen LogP contribution in [0.5, 0.6) is 0 Å². The second-order valence-corrected chi connectivity index (χ2v) is 5.37. The lowest BCUT2D eigenvalue weighted by Gasteiger charge is -2.21. The number of nitrogens with two attached hydrogens (primary N) is 1. The van der Waals surface area contributed by atoms with E-state index in [2.05, 4.69) is 4.98 Å². The van der Waals surface area contributed by atoms with Gasteiger partial charge < -0.3 is 15.4 Å². The summed E-state index contributed by atoms with van der Waals surface area (Å²) >= 11 is 1.57. The molecule has 5 nitrogen and oxygen atoms in total. The Kier molecular flexibility index (Phi) is 2.68. The number of carboxylic acid groups (broad SMARTS) is 1. The van der Waals surface area contributed by atoms with E-state index >= 15 is 0 Å². The minimum atomic E-state index is -0.976. The molecule has 1 unspecified atom stereocenters. The van der Waals surface area contributed by atoms with E-state index in [0.29, 0.717) is 6.42 Å². The Morgan fingerprint density at radius 2 is 2.44 bits per heavy atom. The van der Waals surface area contributed by atoms with Gasteiger partial charge >= 0.3 is 5.97 Å². The topological polar surface area (TPSA) is 81.1 Å². The number of nitrogens with zero attached hydrogens (tertiary/aromatic N) is 2. The monoisotopic (exact) mass is 263 g/mol. The van der Waals surface area contributed by atoms with Gasteiger partial charge in [-0.3, -0.25) is 0 Å². The lowest BCUT2D eigenvalue weighted by molar-refractivity contribution is 0.0689. The van der Waals surface area contributed by atoms with Crippen LogP contribution in [0.15, 0.2) is 17.5 Å². The Morgan fingerprint density at radius 3 is 3.11 bits per heavy atom. The van der Waals surface area contributed by atoms with Crippen LogP contribution in [0.25, 0.3) is 10.7 Å². The van der Waals surface area contributed by atoms with Crippen LogP contribution in [-0.4, -0.2) is 26.7 Å². The van der Waals surface area contributed by atoms with Crippen molar-refractivity contribution >= 4 is 17.3 Å². The highest BCUT2D eigenvalue weighted by atomic mass is 32.1. The summed E-state index contributed by atoms with van der Waals surface area (Å²) in [4.78, 5) is 16.5. The Hall–Kier alpha value is -1.66. The van der Waals surface area contributed by atoms with Crippen molar-refractivity contribution in [3.8, 4) is 10.7 Å². The summed E-state index contributed by atoms with van der Waals surface area (Å²) in [5.74, 6) is -0.222. The number of hydrogen-bond acceptors (Lipinski definition) is 4. The van der Waals surface area contributed by atoms with Crippen LogP contribution in [0.2, 0.25) is 0 Å². The number of rotatable bonds is 2. The molecule has 0 bridgehead atoms. The van der Waals surface area contributed by atoms with Gasteiger partial charge in [-0.2, -0.15) is 0 Å². The molecule has 1 aliphatic heterocycles. The molecule has 0 radical (unpaired) electrons. The molecule has 2 aromatic rings. The lowest BCUT2D eigenvalue weighted by Crippen LogP contribution is -2.31. The van der Waals surface area contributed by atoms with E-state index in [4.69, 9.17) is 5.73 Å². The molecule has 94 valence electrons. The minimum absolute atomic E-state index is 0.0310. The Bertz CT molecular complexity index is 589. The molecule has 1 atom stereocenters. The van der Waals surface area contributed by atoms with Gasteiger partial charge in [0, 0.05) is 19.0 Å². The van der Waals surface area contributed by atoms with E-state index in [-0.39, 0.29) is 11.7 Å². The summed E-state index contributed by atoms with van der Waals surface area (Å²) in [6.45, 7) is 0.740. The molecular formula is C12H13N3O2S. The third-order valence-corrected chi connectivity index (χ3v) is 4.06. The molecule has 0 aliphatic carbocycles. The summed E-state index contributed by atoms with van der Waals surface area (Å²) < 4.78 is 2.00. The molecule has 3 heterocycles. The molecule has 0 amide bonds. The van der Waals surface area contributed by atoms with Gasteiger partial charge in [0.1, 0.15) is 0 Å². The van der Waals surface area contributed by atoms with Crippen LogP contribution in [0.4, 0.5) is 0 Å². The van der Waals surface area contributed by atoms with E-state index in [1.165, 1.54) is 0 Å². The van der Waals surface area contributed by atoms with E-state index in [9.17, 15) is 9.90 Å². The van der Waals surface area contributed by atoms with Crippen molar-refractivity contribution in [2.24, 2.45) is 5.73 Å². The first-order chi connectivity index (χ1) is 8.66. The van der Waals surface area contributed by atoms with Gasteiger partial charge in [0.15, 0.2) is 11.5 Å². The van der Waals surface area contributed by atoms with Gasteiger partial charge in [0.25, 0.3) is 0 Å². The van der Waals surface area contributed by atoms with Crippen LogP contribution < -0.4 is 5.73 Å². The van der Waals surface area contributed by atoms with Gasteiger partial charge in [0.2, 0.25) is 0 Å². The fourth-order valence-electron chi connectivity index (χ4n) is 2.34. The average molecular weight is 263 g/mol. The standard InChI is InChI=1S/C12H13N3O2S/c13-7-3-4-15-8(6-7)10(12(16)17)14-11(15)9-2-1-5-18-9/h1-2,5,7H,3-4,6,13H2,(H,16,17). The number of aromatic carboxylic acids is 1. The largest absolute Gasteiger partial charge is 0.476 e. The highest BCUT2D eigenvalue weighted by molar-refractivity contribution is 7.13. The predicted molar refractivity (Wildman–Crippen MR) is 68.8 cm³/mol. The number of carbonyl (C=O) groups is 1. The maximum absolute atomic E-state index is 11.2. The van der Waals surface area contributed by atoms with Gasteiger partial charge in [0.05, 0.1) is 10.6 Å². The van der Waals surface area contributed by atoms with Crippen LogP contribution in [0.1, 0.15) is 22.6 Å². The van der Waals surface area contributed by atoms with Crippen molar-refractivity contribution in [1.29, 1.82) is 0 Å².